The molecule has 0 radical (unpaired) electrons. The van der Waals surface area contributed by atoms with E-state index in [9.17, 15) is 4.79 Å². The Balaban J connectivity index is 1.49. The van der Waals surface area contributed by atoms with Gasteiger partial charge in [0.05, 0.1) is 28.7 Å². The number of rotatable bonds is 5. The third-order valence-corrected chi connectivity index (χ3v) is 7.37. The Labute approximate surface area is 172 Å². The van der Waals surface area contributed by atoms with Crippen LogP contribution in [0.15, 0.2) is 66.1 Å². The molecule has 2 atom stereocenters. The molecule has 2 aromatic heterocycles. The molecule has 0 spiro atoms. The van der Waals surface area contributed by atoms with Crippen LogP contribution in [-0.2, 0) is 0 Å². The molecule has 0 saturated carbocycles. The number of pyridine rings is 1. The fraction of sp³-hybridized carbons (Fsp3) is 0.300. The van der Waals surface area contributed by atoms with E-state index >= 15 is 0 Å². The lowest BCUT2D eigenvalue weighted by Crippen LogP contribution is -2.48. The standard InChI is InChI=1S/C20H21N5OS2/c1-15-13-27-16(14-28-19-8-4-5-9-21-19)12-24(15)20(26)17-6-2-3-7-18(17)25-22-10-11-23-25/h2-11,15-16H,12-14H2,1H3/t15-,16-/m1/s1. The zero-order valence-corrected chi connectivity index (χ0v) is 17.1. The zero-order valence-electron chi connectivity index (χ0n) is 15.5. The highest BCUT2D eigenvalue weighted by Gasteiger charge is 2.31. The number of benzene rings is 1. The molecule has 0 unspecified atom stereocenters. The van der Waals surface area contributed by atoms with Crippen LogP contribution >= 0.6 is 23.5 Å². The first-order valence-electron chi connectivity index (χ1n) is 9.14. The van der Waals surface area contributed by atoms with Crippen LogP contribution < -0.4 is 0 Å². The first-order chi connectivity index (χ1) is 13.7. The average molecular weight is 412 g/mol. The molecule has 0 N–H and O–H groups in total. The maximum absolute atomic E-state index is 13.4. The molecule has 1 aliphatic rings. The van der Waals surface area contributed by atoms with E-state index in [1.54, 1.807) is 24.2 Å². The van der Waals surface area contributed by atoms with Crippen molar-refractivity contribution in [2.75, 3.05) is 18.1 Å². The molecule has 8 heteroatoms. The predicted molar refractivity (Wildman–Crippen MR) is 113 cm³/mol. The summed E-state index contributed by atoms with van der Waals surface area (Å²) in [5, 5.41) is 9.78. The van der Waals surface area contributed by atoms with E-state index in [-0.39, 0.29) is 11.9 Å². The molecular formula is C20H21N5OS2. The minimum Gasteiger partial charge on any atom is -0.334 e. The van der Waals surface area contributed by atoms with Gasteiger partial charge in [0.25, 0.3) is 5.91 Å². The predicted octanol–water partition coefficient (Wildman–Crippen LogP) is 3.40. The summed E-state index contributed by atoms with van der Waals surface area (Å²) in [5.41, 5.74) is 1.34. The van der Waals surface area contributed by atoms with Crippen LogP contribution in [0.1, 0.15) is 17.3 Å². The van der Waals surface area contributed by atoms with Crippen LogP contribution in [0, 0.1) is 0 Å². The molecular weight excluding hydrogens is 390 g/mol. The monoisotopic (exact) mass is 411 g/mol. The van der Waals surface area contributed by atoms with Gasteiger partial charge < -0.3 is 4.90 Å². The fourth-order valence-corrected chi connectivity index (χ4v) is 5.49. The molecule has 3 heterocycles. The van der Waals surface area contributed by atoms with Gasteiger partial charge in [-0.1, -0.05) is 18.2 Å². The summed E-state index contributed by atoms with van der Waals surface area (Å²) in [5.74, 6) is 1.90. The van der Waals surface area contributed by atoms with Crippen LogP contribution in [0.25, 0.3) is 5.69 Å². The number of carbonyl (C=O) groups is 1. The van der Waals surface area contributed by atoms with Crippen molar-refractivity contribution in [2.24, 2.45) is 0 Å². The van der Waals surface area contributed by atoms with Crippen molar-refractivity contribution in [1.82, 2.24) is 24.9 Å². The Hall–Kier alpha value is -2.32. The minimum atomic E-state index is 0.0357. The molecule has 0 bridgehead atoms. The summed E-state index contributed by atoms with van der Waals surface area (Å²) in [6.45, 7) is 2.84. The molecule has 1 amide bonds. The van der Waals surface area contributed by atoms with E-state index in [1.807, 2.05) is 65.3 Å². The second-order valence-corrected chi connectivity index (χ2v) is 8.95. The summed E-state index contributed by atoms with van der Waals surface area (Å²) >= 11 is 3.68. The van der Waals surface area contributed by atoms with E-state index in [1.165, 1.54) is 4.80 Å². The Morgan fingerprint density at radius 2 is 1.93 bits per heavy atom. The average Bonchev–Trinajstić information content (AvgIpc) is 3.28. The minimum absolute atomic E-state index is 0.0357. The second kappa shape index (κ2) is 8.79. The number of carbonyl (C=O) groups excluding carboxylic acids is 1. The molecule has 1 saturated heterocycles. The summed E-state index contributed by atoms with van der Waals surface area (Å²) in [7, 11) is 0. The van der Waals surface area contributed by atoms with Gasteiger partial charge in [0.15, 0.2) is 0 Å². The third-order valence-electron chi connectivity index (χ3n) is 4.59. The molecule has 1 fully saturated rings. The molecule has 0 aliphatic carbocycles. The molecule has 4 rings (SSSR count). The Kier molecular flexibility index (Phi) is 5.97. The maximum atomic E-state index is 13.4. The summed E-state index contributed by atoms with van der Waals surface area (Å²) in [6.07, 6.45) is 5.05. The van der Waals surface area contributed by atoms with Crippen LogP contribution in [0.5, 0.6) is 0 Å². The highest BCUT2D eigenvalue weighted by atomic mass is 32.2. The van der Waals surface area contributed by atoms with Crippen molar-refractivity contribution in [3.8, 4) is 5.69 Å². The molecule has 6 nitrogen and oxygen atoms in total. The number of thioether (sulfide) groups is 2. The highest BCUT2D eigenvalue weighted by molar-refractivity contribution is 8.03. The lowest BCUT2D eigenvalue weighted by atomic mass is 10.1. The van der Waals surface area contributed by atoms with Gasteiger partial charge in [-0.25, -0.2) is 4.98 Å². The normalized spacial score (nSPS) is 19.5. The quantitative estimate of drug-likeness (QED) is 0.600. The number of amides is 1. The van der Waals surface area contributed by atoms with Crippen LogP contribution in [0.4, 0.5) is 0 Å². The van der Waals surface area contributed by atoms with Gasteiger partial charge in [0, 0.05) is 35.5 Å². The van der Waals surface area contributed by atoms with Gasteiger partial charge in [-0.15, -0.1) is 11.8 Å². The van der Waals surface area contributed by atoms with E-state index in [2.05, 4.69) is 22.1 Å². The molecule has 3 aromatic rings. The molecule has 28 heavy (non-hydrogen) atoms. The Morgan fingerprint density at radius 3 is 2.71 bits per heavy atom. The third kappa shape index (κ3) is 4.23. The zero-order chi connectivity index (χ0) is 19.3. The van der Waals surface area contributed by atoms with Crippen molar-refractivity contribution in [2.45, 2.75) is 23.2 Å². The number of hydrogen-bond donors (Lipinski definition) is 0. The van der Waals surface area contributed by atoms with Crippen molar-refractivity contribution >= 4 is 29.4 Å². The first-order valence-corrected chi connectivity index (χ1v) is 11.2. The van der Waals surface area contributed by atoms with E-state index in [0.29, 0.717) is 16.5 Å². The summed E-state index contributed by atoms with van der Waals surface area (Å²) in [6, 6.07) is 13.7. The van der Waals surface area contributed by atoms with Crippen LogP contribution in [0.2, 0.25) is 0 Å². The van der Waals surface area contributed by atoms with E-state index in [0.717, 1.165) is 23.1 Å². The number of aromatic nitrogens is 4. The van der Waals surface area contributed by atoms with E-state index in [4.69, 9.17) is 0 Å². The fourth-order valence-electron chi connectivity index (χ4n) is 3.14. The number of para-hydroxylation sites is 1. The summed E-state index contributed by atoms with van der Waals surface area (Å²) in [4.78, 5) is 21.2. The largest absolute Gasteiger partial charge is 0.334 e. The van der Waals surface area contributed by atoms with Gasteiger partial charge in [-0.3, -0.25) is 4.79 Å². The van der Waals surface area contributed by atoms with Gasteiger partial charge in [-0.05, 0) is 31.2 Å². The van der Waals surface area contributed by atoms with Gasteiger partial charge in [0.1, 0.15) is 0 Å². The van der Waals surface area contributed by atoms with E-state index < -0.39 is 0 Å². The lowest BCUT2D eigenvalue weighted by Gasteiger charge is -2.37. The topological polar surface area (TPSA) is 63.9 Å². The van der Waals surface area contributed by atoms with Crippen LogP contribution in [0.3, 0.4) is 0 Å². The second-order valence-electron chi connectivity index (χ2n) is 6.58. The Morgan fingerprint density at radius 1 is 1.14 bits per heavy atom. The smallest absolute Gasteiger partial charge is 0.256 e. The maximum Gasteiger partial charge on any atom is 0.256 e. The molecule has 144 valence electrons. The van der Waals surface area contributed by atoms with Crippen molar-refractivity contribution in [3.05, 3.63) is 66.6 Å². The van der Waals surface area contributed by atoms with Gasteiger partial charge >= 0.3 is 0 Å². The van der Waals surface area contributed by atoms with Crippen molar-refractivity contribution < 1.29 is 4.79 Å². The van der Waals surface area contributed by atoms with Crippen molar-refractivity contribution in [3.63, 3.8) is 0 Å². The van der Waals surface area contributed by atoms with Crippen molar-refractivity contribution in [1.29, 1.82) is 0 Å². The number of hydrogen-bond acceptors (Lipinski definition) is 6. The van der Waals surface area contributed by atoms with Gasteiger partial charge in [-0.2, -0.15) is 26.8 Å². The number of nitrogens with zero attached hydrogens (tertiary/aromatic N) is 5. The Bertz CT molecular complexity index is 919. The highest BCUT2D eigenvalue weighted by Crippen LogP contribution is 2.29. The summed E-state index contributed by atoms with van der Waals surface area (Å²) < 4.78 is 0. The SMILES string of the molecule is C[C@@H]1CS[C@@H](CSc2ccccn2)CN1C(=O)c1ccccc1-n1nccn1. The van der Waals surface area contributed by atoms with Crippen LogP contribution in [-0.4, -0.2) is 60.1 Å². The first kappa shape index (κ1) is 19.0. The molecule has 1 aliphatic heterocycles. The molecule has 1 aromatic carbocycles. The van der Waals surface area contributed by atoms with Gasteiger partial charge in [0.2, 0.25) is 0 Å². The lowest BCUT2D eigenvalue weighted by molar-refractivity contribution is 0.0704.